The lowest BCUT2D eigenvalue weighted by molar-refractivity contribution is -0.135. The first-order valence-corrected chi connectivity index (χ1v) is 10.6. The highest BCUT2D eigenvalue weighted by molar-refractivity contribution is 7.94. The van der Waals surface area contributed by atoms with E-state index in [1.54, 1.807) is 18.2 Å². The Morgan fingerprint density at radius 1 is 1.20 bits per heavy atom. The molecule has 0 fully saturated rings. The van der Waals surface area contributed by atoms with Crippen LogP contribution in [0, 0.1) is 12.8 Å². The number of rotatable bonds is 4. The highest BCUT2D eigenvalue weighted by atomic mass is 32.2. The minimum absolute atomic E-state index is 0.0368. The fourth-order valence-electron chi connectivity index (χ4n) is 2.94. The van der Waals surface area contributed by atoms with Gasteiger partial charge in [-0.2, -0.15) is 0 Å². The molecule has 2 aromatic rings. The highest BCUT2D eigenvalue weighted by Crippen LogP contribution is 2.27. The average molecular weight is 379 g/mol. The van der Waals surface area contributed by atoms with E-state index in [0.29, 0.717) is 23.0 Å². The van der Waals surface area contributed by atoms with Crippen molar-refractivity contribution in [1.82, 2.24) is 4.90 Å². The second kappa shape index (κ2) is 6.80. The minimum Gasteiger partial charge on any atom is -0.338 e. The molecule has 0 saturated carbocycles. The SMILES string of the molecule is Cc1ccc(S(=O)(=O)Nc2ccc3c(c2)CN(C(=O)C(C)C)CC3)s1. The third kappa shape index (κ3) is 3.88. The zero-order valence-corrected chi connectivity index (χ0v) is 16.2. The van der Waals surface area contributed by atoms with Crippen molar-refractivity contribution < 1.29 is 13.2 Å². The van der Waals surface area contributed by atoms with E-state index in [-0.39, 0.29) is 11.8 Å². The number of amides is 1. The molecule has 1 aromatic carbocycles. The quantitative estimate of drug-likeness (QED) is 0.887. The van der Waals surface area contributed by atoms with E-state index in [2.05, 4.69) is 4.72 Å². The number of benzene rings is 1. The normalized spacial score (nSPS) is 14.5. The second-order valence-electron chi connectivity index (χ2n) is 6.62. The summed E-state index contributed by atoms with van der Waals surface area (Å²) in [6.07, 6.45) is 0.797. The summed E-state index contributed by atoms with van der Waals surface area (Å²) in [5.41, 5.74) is 2.70. The number of fused-ring (bicyclic) bond motifs is 1. The number of anilines is 1. The molecule has 0 atom stereocenters. The van der Waals surface area contributed by atoms with E-state index >= 15 is 0 Å². The van der Waals surface area contributed by atoms with E-state index in [0.717, 1.165) is 16.9 Å². The topological polar surface area (TPSA) is 66.5 Å². The van der Waals surface area contributed by atoms with Gasteiger partial charge in [0.15, 0.2) is 0 Å². The van der Waals surface area contributed by atoms with Gasteiger partial charge in [-0.1, -0.05) is 19.9 Å². The van der Waals surface area contributed by atoms with Crippen LogP contribution in [0.2, 0.25) is 0 Å². The summed E-state index contributed by atoms with van der Waals surface area (Å²) in [6.45, 7) is 6.91. The van der Waals surface area contributed by atoms with E-state index < -0.39 is 10.0 Å². The van der Waals surface area contributed by atoms with Gasteiger partial charge in [-0.15, -0.1) is 11.3 Å². The van der Waals surface area contributed by atoms with Gasteiger partial charge in [0.2, 0.25) is 5.91 Å². The van der Waals surface area contributed by atoms with Gasteiger partial charge in [0.05, 0.1) is 0 Å². The molecule has 0 radical (unpaired) electrons. The number of hydrogen-bond acceptors (Lipinski definition) is 4. The molecule has 134 valence electrons. The Morgan fingerprint density at radius 2 is 1.96 bits per heavy atom. The van der Waals surface area contributed by atoms with Crippen LogP contribution in [0.15, 0.2) is 34.5 Å². The molecule has 0 aliphatic carbocycles. The molecule has 0 bridgehead atoms. The maximum atomic E-state index is 12.5. The molecule has 1 aromatic heterocycles. The molecule has 3 rings (SSSR count). The van der Waals surface area contributed by atoms with Crippen LogP contribution in [-0.4, -0.2) is 25.8 Å². The number of carbonyl (C=O) groups excluding carboxylic acids is 1. The van der Waals surface area contributed by atoms with Gasteiger partial charge in [0.1, 0.15) is 4.21 Å². The molecule has 2 heterocycles. The number of hydrogen-bond donors (Lipinski definition) is 1. The molecular weight excluding hydrogens is 356 g/mol. The fourth-order valence-corrected chi connectivity index (χ4v) is 5.27. The Labute approximate surface area is 152 Å². The lowest BCUT2D eigenvalue weighted by atomic mass is 9.98. The van der Waals surface area contributed by atoms with Crippen LogP contribution in [0.25, 0.3) is 0 Å². The summed E-state index contributed by atoms with van der Waals surface area (Å²) in [6, 6.07) is 8.99. The standard InChI is InChI=1S/C18H22N2O3S2/c1-12(2)18(21)20-9-8-14-5-6-16(10-15(14)11-20)19-25(22,23)17-7-4-13(3)24-17/h4-7,10,12,19H,8-9,11H2,1-3H3. The van der Waals surface area contributed by atoms with Gasteiger partial charge in [-0.25, -0.2) is 8.42 Å². The Hall–Kier alpha value is -1.86. The Kier molecular flexibility index (Phi) is 4.88. The molecule has 1 aliphatic heterocycles. The Balaban J connectivity index is 1.82. The van der Waals surface area contributed by atoms with Crippen LogP contribution in [-0.2, 0) is 27.8 Å². The van der Waals surface area contributed by atoms with Crippen LogP contribution in [0.3, 0.4) is 0 Å². The maximum absolute atomic E-state index is 12.5. The number of sulfonamides is 1. The second-order valence-corrected chi connectivity index (χ2v) is 9.82. The smallest absolute Gasteiger partial charge is 0.271 e. The Morgan fingerprint density at radius 3 is 2.60 bits per heavy atom. The zero-order chi connectivity index (χ0) is 18.2. The molecular formula is C18H22N2O3S2. The summed E-state index contributed by atoms with van der Waals surface area (Å²) < 4.78 is 27.9. The van der Waals surface area contributed by atoms with E-state index in [1.807, 2.05) is 37.8 Å². The molecule has 0 unspecified atom stereocenters. The van der Waals surface area contributed by atoms with Crippen LogP contribution in [0.5, 0.6) is 0 Å². The predicted molar refractivity (Wildman–Crippen MR) is 100 cm³/mol. The van der Waals surface area contributed by atoms with E-state index in [1.165, 1.54) is 16.9 Å². The molecule has 1 amide bonds. The number of nitrogens with one attached hydrogen (secondary N) is 1. The van der Waals surface area contributed by atoms with Gasteiger partial charge in [-0.3, -0.25) is 9.52 Å². The van der Waals surface area contributed by atoms with E-state index in [9.17, 15) is 13.2 Å². The number of thiophene rings is 1. The summed E-state index contributed by atoms with van der Waals surface area (Å²) in [5.74, 6) is 0.0935. The van der Waals surface area contributed by atoms with Crippen molar-refractivity contribution in [3.8, 4) is 0 Å². The molecule has 1 aliphatic rings. The average Bonchev–Trinajstić information content (AvgIpc) is 3.00. The summed E-state index contributed by atoms with van der Waals surface area (Å²) in [5, 5.41) is 0. The molecule has 0 spiro atoms. The lowest BCUT2D eigenvalue weighted by Gasteiger charge is -2.30. The number of aryl methyl sites for hydroxylation is 1. The van der Waals surface area contributed by atoms with Crippen molar-refractivity contribution in [2.24, 2.45) is 5.92 Å². The van der Waals surface area contributed by atoms with Crippen molar-refractivity contribution in [3.63, 3.8) is 0 Å². The third-order valence-corrected chi connectivity index (χ3v) is 7.13. The fraction of sp³-hybridized carbons (Fsp3) is 0.389. The first kappa shape index (κ1) is 17.9. The largest absolute Gasteiger partial charge is 0.338 e. The summed E-state index contributed by atoms with van der Waals surface area (Å²) >= 11 is 1.25. The molecule has 5 nitrogen and oxygen atoms in total. The maximum Gasteiger partial charge on any atom is 0.271 e. The lowest BCUT2D eigenvalue weighted by Crippen LogP contribution is -2.38. The third-order valence-electron chi connectivity index (χ3n) is 4.26. The predicted octanol–water partition coefficient (Wildman–Crippen LogP) is 3.40. The van der Waals surface area contributed by atoms with Crippen molar-refractivity contribution in [1.29, 1.82) is 0 Å². The Bertz CT molecular complexity index is 901. The zero-order valence-electron chi connectivity index (χ0n) is 14.6. The molecule has 0 saturated heterocycles. The summed E-state index contributed by atoms with van der Waals surface area (Å²) in [7, 11) is -3.57. The van der Waals surface area contributed by atoms with Crippen molar-refractivity contribution >= 4 is 33.0 Å². The van der Waals surface area contributed by atoms with Gasteiger partial charge in [0.25, 0.3) is 10.0 Å². The van der Waals surface area contributed by atoms with Crippen molar-refractivity contribution in [2.75, 3.05) is 11.3 Å². The first-order valence-electron chi connectivity index (χ1n) is 8.26. The van der Waals surface area contributed by atoms with Gasteiger partial charge in [0, 0.05) is 29.6 Å². The number of carbonyl (C=O) groups is 1. The first-order chi connectivity index (χ1) is 11.8. The molecule has 7 heteroatoms. The number of nitrogens with zero attached hydrogens (tertiary/aromatic N) is 1. The molecule has 1 N–H and O–H groups in total. The van der Waals surface area contributed by atoms with Crippen molar-refractivity contribution in [3.05, 3.63) is 46.3 Å². The van der Waals surface area contributed by atoms with Crippen LogP contribution >= 0.6 is 11.3 Å². The van der Waals surface area contributed by atoms with Gasteiger partial charge in [-0.05, 0) is 48.7 Å². The minimum atomic E-state index is -3.57. The monoisotopic (exact) mass is 378 g/mol. The highest BCUT2D eigenvalue weighted by Gasteiger charge is 2.23. The van der Waals surface area contributed by atoms with Gasteiger partial charge >= 0.3 is 0 Å². The van der Waals surface area contributed by atoms with Crippen LogP contribution < -0.4 is 4.72 Å². The summed E-state index contributed by atoms with van der Waals surface area (Å²) in [4.78, 5) is 15.0. The van der Waals surface area contributed by atoms with Crippen molar-refractivity contribution in [2.45, 2.75) is 37.9 Å². The van der Waals surface area contributed by atoms with Crippen LogP contribution in [0.4, 0.5) is 5.69 Å². The van der Waals surface area contributed by atoms with E-state index in [4.69, 9.17) is 0 Å². The molecule has 25 heavy (non-hydrogen) atoms. The van der Waals surface area contributed by atoms with Gasteiger partial charge < -0.3 is 4.90 Å². The van der Waals surface area contributed by atoms with Crippen LogP contribution in [0.1, 0.15) is 29.9 Å².